The number of nitrogens with zero attached hydrogens (tertiary/aromatic N) is 3. The second kappa shape index (κ2) is 7.48. The molecule has 2 rings (SSSR count). The molecule has 1 aromatic rings. The predicted molar refractivity (Wildman–Crippen MR) is 76.1 cm³/mol. The largest absolute Gasteiger partial charge is 0.407 e. The van der Waals surface area contributed by atoms with Crippen molar-refractivity contribution in [3.8, 4) is 0 Å². The first kappa shape index (κ1) is 14.3. The molecule has 2 heterocycles. The maximum Gasteiger partial charge on any atom is 0.318 e. The molecule has 0 saturated carbocycles. The third kappa shape index (κ3) is 4.20. The first-order valence-electron chi connectivity index (χ1n) is 7.61. The molecule has 1 aliphatic rings. The van der Waals surface area contributed by atoms with Crippen molar-refractivity contribution in [3.05, 3.63) is 5.89 Å². The van der Waals surface area contributed by atoms with E-state index in [2.05, 4.69) is 34.3 Å². The highest BCUT2D eigenvalue weighted by molar-refractivity contribution is 5.24. The second-order valence-electron chi connectivity index (χ2n) is 5.37. The van der Waals surface area contributed by atoms with Crippen LogP contribution in [-0.2, 0) is 6.54 Å². The van der Waals surface area contributed by atoms with Gasteiger partial charge in [0, 0.05) is 13.1 Å². The van der Waals surface area contributed by atoms with E-state index in [0.717, 1.165) is 32.0 Å². The Morgan fingerprint density at radius 1 is 1.21 bits per heavy atom. The third-order valence-corrected chi connectivity index (χ3v) is 3.74. The van der Waals surface area contributed by atoms with Crippen molar-refractivity contribution >= 4 is 6.01 Å². The van der Waals surface area contributed by atoms with Gasteiger partial charge in [-0.3, -0.25) is 0 Å². The molecule has 1 saturated heterocycles. The van der Waals surface area contributed by atoms with Gasteiger partial charge in [-0.25, -0.2) is 0 Å². The van der Waals surface area contributed by atoms with Gasteiger partial charge in [-0.15, -0.1) is 5.10 Å². The van der Waals surface area contributed by atoms with E-state index in [1.807, 2.05) is 0 Å². The van der Waals surface area contributed by atoms with E-state index >= 15 is 0 Å². The first-order chi connectivity index (χ1) is 9.33. The second-order valence-corrected chi connectivity index (χ2v) is 5.37. The number of hydrogen-bond donors (Lipinski definition) is 1. The summed E-state index contributed by atoms with van der Waals surface area (Å²) in [7, 11) is 0. The quantitative estimate of drug-likeness (QED) is 0.769. The van der Waals surface area contributed by atoms with Crippen molar-refractivity contribution in [1.82, 2.24) is 15.5 Å². The van der Waals surface area contributed by atoms with E-state index in [0.29, 0.717) is 18.5 Å². The molecule has 0 atom stereocenters. The third-order valence-electron chi connectivity index (χ3n) is 3.74. The number of aromatic nitrogens is 2. The zero-order valence-corrected chi connectivity index (χ0v) is 12.2. The molecule has 0 spiro atoms. The van der Waals surface area contributed by atoms with Crippen molar-refractivity contribution in [2.24, 2.45) is 5.92 Å². The van der Waals surface area contributed by atoms with Crippen molar-refractivity contribution < 1.29 is 4.42 Å². The van der Waals surface area contributed by atoms with E-state index in [1.165, 1.54) is 25.7 Å². The smallest absolute Gasteiger partial charge is 0.318 e. The van der Waals surface area contributed by atoms with Crippen LogP contribution in [0.1, 0.15) is 51.8 Å². The van der Waals surface area contributed by atoms with Crippen LogP contribution >= 0.6 is 0 Å². The molecule has 1 N–H and O–H groups in total. The summed E-state index contributed by atoms with van der Waals surface area (Å²) in [5.41, 5.74) is 0. The Labute approximate surface area is 115 Å². The average Bonchev–Trinajstić information content (AvgIpc) is 2.89. The van der Waals surface area contributed by atoms with Gasteiger partial charge in [-0.2, -0.15) is 0 Å². The lowest BCUT2D eigenvalue weighted by molar-refractivity contribution is 0.361. The monoisotopic (exact) mass is 266 g/mol. The molecule has 0 bridgehead atoms. The van der Waals surface area contributed by atoms with Gasteiger partial charge in [0.15, 0.2) is 0 Å². The first-order valence-corrected chi connectivity index (χ1v) is 7.61. The fourth-order valence-electron chi connectivity index (χ4n) is 2.64. The molecular weight excluding hydrogens is 240 g/mol. The Bertz CT molecular complexity index is 358. The Hall–Kier alpha value is -1.10. The molecular formula is C14H26N4O. The van der Waals surface area contributed by atoms with E-state index in [9.17, 15) is 0 Å². The van der Waals surface area contributed by atoms with Crippen molar-refractivity contribution in [2.75, 3.05) is 24.5 Å². The molecule has 0 aromatic carbocycles. The number of nitrogens with one attached hydrogen (secondary N) is 1. The van der Waals surface area contributed by atoms with E-state index < -0.39 is 0 Å². The fraction of sp³-hybridized carbons (Fsp3) is 0.857. The molecule has 5 nitrogen and oxygen atoms in total. The molecule has 1 aliphatic heterocycles. The maximum absolute atomic E-state index is 5.71. The van der Waals surface area contributed by atoms with E-state index in [4.69, 9.17) is 4.42 Å². The summed E-state index contributed by atoms with van der Waals surface area (Å²) >= 11 is 0. The summed E-state index contributed by atoms with van der Waals surface area (Å²) in [6.07, 6.45) is 6.26. The minimum Gasteiger partial charge on any atom is -0.407 e. The standard InChI is InChI=1S/C14H26N4O/c1-3-5-12-6-9-18(10-7-12)14-17-16-13(19-14)11-15-8-4-2/h12,15H,3-11H2,1-2H3. The lowest BCUT2D eigenvalue weighted by Crippen LogP contribution is -2.33. The molecule has 0 unspecified atom stereocenters. The number of anilines is 1. The summed E-state index contributed by atoms with van der Waals surface area (Å²) in [6, 6.07) is 0.697. The van der Waals surface area contributed by atoms with Gasteiger partial charge < -0.3 is 14.6 Å². The summed E-state index contributed by atoms with van der Waals surface area (Å²) in [4.78, 5) is 2.22. The van der Waals surface area contributed by atoms with Gasteiger partial charge in [0.1, 0.15) is 0 Å². The topological polar surface area (TPSA) is 54.2 Å². The molecule has 108 valence electrons. The Morgan fingerprint density at radius 2 is 2.00 bits per heavy atom. The molecule has 0 amide bonds. The van der Waals surface area contributed by atoms with Crippen LogP contribution in [0.15, 0.2) is 4.42 Å². The Kier molecular flexibility index (Phi) is 5.63. The molecule has 19 heavy (non-hydrogen) atoms. The summed E-state index contributed by atoms with van der Waals surface area (Å²) in [6.45, 7) is 8.17. The molecule has 1 aromatic heterocycles. The highest BCUT2D eigenvalue weighted by Crippen LogP contribution is 2.25. The minimum absolute atomic E-state index is 0.674. The van der Waals surface area contributed by atoms with Crippen LogP contribution in [0.25, 0.3) is 0 Å². The predicted octanol–water partition coefficient (Wildman–Crippen LogP) is 2.59. The fourth-order valence-corrected chi connectivity index (χ4v) is 2.64. The lowest BCUT2D eigenvalue weighted by atomic mass is 9.93. The van der Waals surface area contributed by atoms with Crippen LogP contribution in [0.2, 0.25) is 0 Å². The SMILES string of the molecule is CCCNCc1nnc(N2CCC(CCC)CC2)o1. The summed E-state index contributed by atoms with van der Waals surface area (Å²) in [5.74, 6) is 1.58. The average molecular weight is 266 g/mol. The highest BCUT2D eigenvalue weighted by Gasteiger charge is 2.22. The van der Waals surface area contributed by atoms with Gasteiger partial charge in [0.25, 0.3) is 0 Å². The van der Waals surface area contributed by atoms with Crippen LogP contribution < -0.4 is 10.2 Å². The van der Waals surface area contributed by atoms with Crippen molar-refractivity contribution in [2.45, 2.75) is 52.5 Å². The molecule has 0 aliphatic carbocycles. The number of hydrogen-bond acceptors (Lipinski definition) is 5. The van der Waals surface area contributed by atoms with Crippen molar-refractivity contribution in [3.63, 3.8) is 0 Å². The van der Waals surface area contributed by atoms with Crippen LogP contribution in [0.5, 0.6) is 0 Å². The van der Waals surface area contributed by atoms with Gasteiger partial charge in [0.05, 0.1) is 6.54 Å². The zero-order valence-electron chi connectivity index (χ0n) is 12.2. The van der Waals surface area contributed by atoms with Crippen molar-refractivity contribution in [1.29, 1.82) is 0 Å². The normalized spacial score (nSPS) is 17.1. The lowest BCUT2D eigenvalue weighted by Gasteiger charge is -2.30. The van der Waals surface area contributed by atoms with Crippen LogP contribution in [0.4, 0.5) is 6.01 Å². The van der Waals surface area contributed by atoms with Gasteiger partial charge >= 0.3 is 6.01 Å². The summed E-state index contributed by atoms with van der Waals surface area (Å²) < 4.78 is 5.71. The van der Waals surface area contributed by atoms with Gasteiger partial charge in [0.2, 0.25) is 5.89 Å². The Morgan fingerprint density at radius 3 is 2.68 bits per heavy atom. The number of piperidine rings is 1. The Balaban J connectivity index is 1.79. The highest BCUT2D eigenvalue weighted by atomic mass is 16.4. The maximum atomic E-state index is 5.71. The molecule has 5 heteroatoms. The summed E-state index contributed by atoms with van der Waals surface area (Å²) in [5, 5.41) is 11.5. The van der Waals surface area contributed by atoms with E-state index in [1.54, 1.807) is 0 Å². The minimum atomic E-state index is 0.674. The number of rotatable bonds is 7. The zero-order chi connectivity index (χ0) is 13.5. The van der Waals surface area contributed by atoms with Gasteiger partial charge in [-0.05, 0) is 31.7 Å². The molecule has 1 fully saturated rings. The van der Waals surface area contributed by atoms with E-state index in [-0.39, 0.29) is 0 Å². The van der Waals surface area contributed by atoms with Crippen LogP contribution in [0, 0.1) is 5.92 Å². The molecule has 0 radical (unpaired) electrons. The van der Waals surface area contributed by atoms with Gasteiger partial charge in [-0.1, -0.05) is 31.8 Å². The van der Waals surface area contributed by atoms with Crippen LogP contribution in [-0.4, -0.2) is 29.8 Å². The van der Waals surface area contributed by atoms with Crippen LogP contribution in [0.3, 0.4) is 0 Å².